The van der Waals surface area contributed by atoms with Crippen LogP contribution in [0.15, 0.2) is 149 Å². The third kappa shape index (κ3) is 8.79. The van der Waals surface area contributed by atoms with Crippen LogP contribution in [0.5, 0.6) is 11.5 Å². The van der Waals surface area contributed by atoms with Crippen molar-refractivity contribution < 1.29 is 23.5 Å². The van der Waals surface area contributed by atoms with Crippen LogP contribution < -0.4 is 25.5 Å². The van der Waals surface area contributed by atoms with Crippen molar-refractivity contribution in [2.24, 2.45) is 7.05 Å². The van der Waals surface area contributed by atoms with Gasteiger partial charge >= 0.3 is 0 Å². The van der Waals surface area contributed by atoms with Crippen LogP contribution in [-0.2, 0) is 26.6 Å². The van der Waals surface area contributed by atoms with Gasteiger partial charge in [0.15, 0.2) is 22.7 Å². The molecule has 2 N–H and O–H groups in total. The molecular formula is C48H42N6O6. The maximum Gasteiger partial charge on any atom is 0.291 e. The van der Waals surface area contributed by atoms with E-state index >= 15 is 0 Å². The number of benzene rings is 5. The Bertz CT molecular complexity index is 2870. The number of para-hydroxylation sites is 1. The largest absolute Gasteiger partial charge is 0.493 e. The molecule has 12 heteroatoms. The van der Waals surface area contributed by atoms with Gasteiger partial charge in [-0.2, -0.15) is 5.10 Å². The zero-order chi connectivity index (χ0) is 41.6. The Morgan fingerprint density at radius 3 is 2.18 bits per heavy atom. The van der Waals surface area contributed by atoms with Crippen molar-refractivity contribution in [1.82, 2.24) is 19.7 Å². The van der Waals surface area contributed by atoms with Crippen molar-refractivity contribution in [1.29, 1.82) is 0 Å². The van der Waals surface area contributed by atoms with Crippen molar-refractivity contribution in [2.75, 3.05) is 31.4 Å². The second-order valence-electron chi connectivity index (χ2n) is 14.4. The van der Waals surface area contributed by atoms with E-state index in [-0.39, 0.29) is 28.0 Å². The average molecular weight is 799 g/mol. The van der Waals surface area contributed by atoms with E-state index in [0.29, 0.717) is 22.6 Å². The van der Waals surface area contributed by atoms with Gasteiger partial charge in [-0.25, -0.2) is 0 Å². The van der Waals surface area contributed by atoms with Gasteiger partial charge in [-0.3, -0.25) is 28.9 Å². The normalized spacial score (nSPS) is 11.2. The number of rotatable bonds is 14. The molecule has 0 fully saturated rings. The molecule has 300 valence electrons. The van der Waals surface area contributed by atoms with Crippen LogP contribution in [0.2, 0.25) is 0 Å². The number of ether oxygens (including phenoxy) is 2. The molecule has 0 atom stereocenters. The number of aryl methyl sites for hydroxylation is 1. The number of amides is 2. The Hall–Kier alpha value is -7.57. The minimum atomic E-state index is -0.711. The number of pyridine rings is 1. The van der Waals surface area contributed by atoms with Crippen LogP contribution in [0.4, 0.5) is 11.4 Å². The highest BCUT2D eigenvalue weighted by Crippen LogP contribution is 2.34. The smallest absolute Gasteiger partial charge is 0.291 e. The van der Waals surface area contributed by atoms with Gasteiger partial charge < -0.3 is 24.5 Å². The van der Waals surface area contributed by atoms with Gasteiger partial charge in [0, 0.05) is 62.3 Å². The Balaban J connectivity index is 0.975. The Morgan fingerprint density at radius 2 is 1.42 bits per heavy atom. The molecule has 0 aliphatic heterocycles. The van der Waals surface area contributed by atoms with Crippen LogP contribution >= 0.6 is 0 Å². The average Bonchev–Trinajstić information content (AvgIpc) is 3.65. The molecule has 3 aromatic heterocycles. The van der Waals surface area contributed by atoms with Gasteiger partial charge in [-0.05, 0) is 82.8 Å². The number of carbonyl (C=O) groups excluding carboxylic acids is 2. The molecule has 12 nitrogen and oxygen atoms in total. The lowest BCUT2D eigenvalue weighted by atomic mass is 10.0. The Morgan fingerprint density at radius 1 is 0.733 bits per heavy atom. The van der Waals surface area contributed by atoms with E-state index in [0.717, 1.165) is 59.7 Å². The van der Waals surface area contributed by atoms with Gasteiger partial charge in [0.05, 0.1) is 42.6 Å². The second-order valence-corrected chi connectivity index (χ2v) is 14.4. The predicted molar refractivity (Wildman–Crippen MR) is 233 cm³/mol. The zero-order valence-corrected chi connectivity index (χ0v) is 33.3. The fourth-order valence-corrected chi connectivity index (χ4v) is 7.18. The van der Waals surface area contributed by atoms with Crippen LogP contribution in [0.25, 0.3) is 33.0 Å². The summed E-state index contributed by atoms with van der Waals surface area (Å²) in [5, 5.41) is 11.5. The highest BCUT2D eigenvalue weighted by atomic mass is 16.5. The van der Waals surface area contributed by atoms with Crippen molar-refractivity contribution in [3.05, 3.63) is 178 Å². The number of methoxy groups -OCH3 is 2. The third-order valence-electron chi connectivity index (χ3n) is 10.4. The minimum absolute atomic E-state index is 0.113. The summed E-state index contributed by atoms with van der Waals surface area (Å²) in [5.74, 6) is -0.824. The van der Waals surface area contributed by atoms with Crippen molar-refractivity contribution in [3.8, 4) is 22.6 Å². The van der Waals surface area contributed by atoms with Crippen molar-refractivity contribution in [2.45, 2.75) is 19.5 Å². The summed E-state index contributed by atoms with van der Waals surface area (Å²) >= 11 is 0. The van der Waals surface area contributed by atoms with Crippen molar-refractivity contribution in [3.63, 3.8) is 0 Å². The standard InChI is InChI=1S/C48H42N6O6/c1-53-41-24-33(10-15-36(41)28-50-53)30-54(29-32-8-13-34(14-9-32)35-18-21-49-22-19-35)23-20-31-11-16-37(17-12-31)51-47(56)39-25-44(58-2)45(59-3)26-40(39)52-48(57)46-27-42(55)38-6-4-5-7-43(38)60-46/h4-19,21-22,24-28H,20,23,29-30H2,1-3H3,(H,51,56)(H,52,57). The number of nitrogens with one attached hydrogen (secondary N) is 2. The molecule has 0 unspecified atom stereocenters. The molecule has 0 radical (unpaired) electrons. The number of nitrogens with zero attached hydrogens (tertiary/aromatic N) is 4. The summed E-state index contributed by atoms with van der Waals surface area (Å²) < 4.78 is 18.6. The first kappa shape index (κ1) is 39.3. The molecule has 0 saturated carbocycles. The molecule has 3 heterocycles. The Kier molecular flexibility index (Phi) is 11.5. The summed E-state index contributed by atoms with van der Waals surface area (Å²) in [4.78, 5) is 46.5. The first-order chi connectivity index (χ1) is 29.2. The highest BCUT2D eigenvalue weighted by Gasteiger charge is 2.21. The van der Waals surface area contributed by atoms with Gasteiger partial charge in [-0.15, -0.1) is 0 Å². The maximum atomic E-state index is 13.8. The number of anilines is 2. The first-order valence-corrected chi connectivity index (χ1v) is 19.4. The van der Waals surface area contributed by atoms with E-state index < -0.39 is 11.8 Å². The van der Waals surface area contributed by atoms with E-state index in [9.17, 15) is 14.4 Å². The molecule has 60 heavy (non-hydrogen) atoms. The SMILES string of the molecule is COc1cc(NC(=O)c2cc(=O)c3ccccc3o2)c(C(=O)Nc2ccc(CCN(Cc3ccc(-c4ccncc4)cc3)Cc3ccc4cnn(C)c4c3)cc2)cc1OC. The second kappa shape index (κ2) is 17.5. The lowest BCUT2D eigenvalue weighted by Crippen LogP contribution is -2.25. The quantitative estimate of drug-likeness (QED) is 0.111. The fourth-order valence-electron chi connectivity index (χ4n) is 7.18. The van der Waals surface area contributed by atoms with Crippen LogP contribution in [-0.4, -0.2) is 52.2 Å². The summed E-state index contributed by atoms with van der Waals surface area (Å²) in [7, 11) is 4.87. The molecule has 0 saturated heterocycles. The monoisotopic (exact) mass is 798 g/mol. The Labute approximate surface area is 346 Å². The number of carbonyl (C=O) groups is 2. The summed E-state index contributed by atoms with van der Waals surface area (Å²) in [6, 6.07) is 37.7. The van der Waals surface area contributed by atoms with Crippen LogP contribution in [0, 0.1) is 0 Å². The minimum Gasteiger partial charge on any atom is -0.493 e. The number of fused-ring (bicyclic) bond motifs is 2. The van der Waals surface area contributed by atoms with E-state index in [1.165, 1.54) is 37.5 Å². The summed E-state index contributed by atoms with van der Waals surface area (Å²) in [6.45, 7) is 2.29. The number of hydrogen-bond donors (Lipinski definition) is 2. The van der Waals surface area contributed by atoms with E-state index in [1.807, 2.05) is 54.3 Å². The van der Waals surface area contributed by atoms with Gasteiger partial charge in [0.25, 0.3) is 11.8 Å². The molecular weight excluding hydrogens is 757 g/mol. The summed E-state index contributed by atoms with van der Waals surface area (Å²) in [5.41, 5.74) is 7.59. The predicted octanol–water partition coefficient (Wildman–Crippen LogP) is 8.51. The van der Waals surface area contributed by atoms with Crippen LogP contribution in [0.1, 0.15) is 37.6 Å². The molecule has 0 aliphatic rings. The lowest BCUT2D eigenvalue weighted by Gasteiger charge is -2.23. The summed E-state index contributed by atoms with van der Waals surface area (Å²) in [6.07, 6.45) is 6.26. The zero-order valence-electron chi connectivity index (χ0n) is 33.3. The van der Waals surface area contributed by atoms with Crippen LogP contribution in [0.3, 0.4) is 0 Å². The molecule has 5 aromatic carbocycles. The van der Waals surface area contributed by atoms with Crippen molar-refractivity contribution >= 4 is 45.1 Å². The van der Waals surface area contributed by atoms with Gasteiger partial charge in [0.2, 0.25) is 0 Å². The highest BCUT2D eigenvalue weighted by molar-refractivity contribution is 6.12. The maximum absolute atomic E-state index is 13.8. The first-order valence-electron chi connectivity index (χ1n) is 19.4. The molecule has 0 spiro atoms. The van der Waals surface area contributed by atoms with Gasteiger partial charge in [-0.1, -0.05) is 60.7 Å². The number of hydrogen-bond acceptors (Lipinski definition) is 9. The third-order valence-corrected chi connectivity index (χ3v) is 10.4. The molecule has 0 bridgehead atoms. The molecule has 0 aliphatic carbocycles. The molecule has 8 rings (SSSR count). The molecule has 2 amide bonds. The van der Waals surface area contributed by atoms with Gasteiger partial charge in [0.1, 0.15) is 5.58 Å². The van der Waals surface area contributed by atoms with E-state index in [4.69, 9.17) is 13.9 Å². The topological polar surface area (TPSA) is 141 Å². The van der Waals surface area contributed by atoms with E-state index in [1.54, 1.807) is 36.7 Å². The fraction of sp³-hybridized carbons (Fsp3) is 0.146. The van der Waals surface area contributed by atoms with E-state index in [2.05, 4.69) is 68.1 Å². The lowest BCUT2D eigenvalue weighted by molar-refractivity contribution is 0.0997. The number of aromatic nitrogens is 3. The molecule has 8 aromatic rings.